The number of anilines is 1. The molecule has 1 aromatic carbocycles. The number of benzene rings is 1. The van der Waals surface area contributed by atoms with Crippen LogP contribution in [0.1, 0.15) is 41.4 Å². The molecule has 3 heterocycles. The Balaban J connectivity index is 1.65. The van der Waals surface area contributed by atoms with E-state index in [0.29, 0.717) is 11.6 Å². The minimum atomic E-state index is -0.911. The number of H-pyrrole nitrogens is 1. The summed E-state index contributed by atoms with van der Waals surface area (Å²) in [6.07, 6.45) is 4.29. The van der Waals surface area contributed by atoms with Gasteiger partial charge in [-0.15, -0.1) is 0 Å². The summed E-state index contributed by atoms with van der Waals surface area (Å²) in [6.45, 7) is 3.21. The molecule has 0 spiro atoms. The van der Waals surface area contributed by atoms with E-state index >= 15 is 0 Å². The summed E-state index contributed by atoms with van der Waals surface area (Å²) in [4.78, 5) is 26.6. The molecule has 1 atom stereocenters. The normalized spacial score (nSPS) is 18.8. The number of aromatic amines is 1. The highest BCUT2D eigenvalue weighted by atomic mass is 16.4. The Labute approximate surface area is 150 Å². The molecule has 2 N–H and O–H groups in total. The third-order valence-corrected chi connectivity index (χ3v) is 5.62. The molecule has 1 aliphatic carbocycles. The largest absolute Gasteiger partial charge is 0.478 e. The first-order valence-electron chi connectivity index (χ1n) is 9.13. The van der Waals surface area contributed by atoms with Gasteiger partial charge in [0.1, 0.15) is 0 Å². The molecule has 0 radical (unpaired) electrons. The molecular formula is C20H20N4O2. The fourth-order valence-corrected chi connectivity index (χ4v) is 3.98. The summed E-state index contributed by atoms with van der Waals surface area (Å²) in [6, 6.07) is 7.65. The summed E-state index contributed by atoms with van der Waals surface area (Å²) in [5, 5.41) is 10.1. The van der Waals surface area contributed by atoms with Gasteiger partial charge < -0.3 is 15.0 Å². The molecule has 1 aliphatic heterocycles. The molecule has 1 fully saturated rings. The highest BCUT2D eigenvalue weighted by Crippen LogP contribution is 2.34. The minimum absolute atomic E-state index is 0.297. The molecule has 132 valence electrons. The van der Waals surface area contributed by atoms with Crippen LogP contribution in [0.25, 0.3) is 22.3 Å². The predicted octanol–water partition coefficient (Wildman–Crippen LogP) is 3.41. The smallest absolute Gasteiger partial charge is 0.335 e. The lowest BCUT2D eigenvalue weighted by atomic mass is 10.1. The molecule has 0 bridgehead atoms. The SMILES string of the molecule is C[C@H]1CCN1c1nc2c(c(-c3cc4cc(C(=O)O)ccc4[nH]3)n1)CCC2. The second kappa shape index (κ2) is 5.56. The van der Waals surface area contributed by atoms with Crippen LogP contribution in [0.4, 0.5) is 5.95 Å². The number of carboxylic acid groups (broad SMARTS) is 1. The second-order valence-corrected chi connectivity index (χ2v) is 7.27. The Morgan fingerprint density at radius 3 is 2.88 bits per heavy atom. The number of carbonyl (C=O) groups is 1. The molecule has 2 aromatic heterocycles. The van der Waals surface area contributed by atoms with E-state index in [-0.39, 0.29) is 0 Å². The van der Waals surface area contributed by atoms with Gasteiger partial charge in [-0.1, -0.05) is 0 Å². The van der Waals surface area contributed by atoms with Crippen LogP contribution in [0.3, 0.4) is 0 Å². The first-order chi connectivity index (χ1) is 12.6. The molecule has 6 heteroatoms. The zero-order valence-electron chi connectivity index (χ0n) is 14.6. The van der Waals surface area contributed by atoms with Crippen LogP contribution < -0.4 is 4.90 Å². The Morgan fingerprint density at radius 2 is 2.15 bits per heavy atom. The van der Waals surface area contributed by atoms with Crippen molar-refractivity contribution in [3.63, 3.8) is 0 Å². The van der Waals surface area contributed by atoms with Gasteiger partial charge in [0, 0.05) is 34.7 Å². The molecule has 0 amide bonds. The maximum atomic E-state index is 11.2. The quantitative estimate of drug-likeness (QED) is 0.758. The molecule has 2 aliphatic rings. The lowest BCUT2D eigenvalue weighted by Crippen LogP contribution is -2.46. The van der Waals surface area contributed by atoms with Crippen molar-refractivity contribution in [3.8, 4) is 11.4 Å². The number of aromatic carboxylic acids is 1. The maximum absolute atomic E-state index is 11.2. The predicted molar refractivity (Wildman–Crippen MR) is 99.7 cm³/mol. The van der Waals surface area contributed by atoms with E-state index in [1.165, 1.54) is 12.0 Å². The topological polar surface area (TPSA) is 82.1 Å². The van der Waals surface area contributed by atoms with Gasteiger partial charge in [0.15, 0.2) is 0 Å². The van der Waals surface area contributed by atoms with E-state index in [1.807, 2.05) is 12.1 Å². The third-order valence-electron chi connectivity index (χ3n) is 5.62. The molecule has 0 unspecified atom stereocenters. The fraction of sp³-hybridized carbons (Fsp3) is 0.350. The molecule has 6 nitrogen and oxygen atoms in total. The van der Waals surface area contributed by atoms with Crippen LogP contribution in [0, 0.1) is 0 Å². The number of carboxylic acids is 1. The number of nitrogens with one attached hydrogen (secondary N) is 1. The van der Waals surface area contributed by atoms with E-state index in [2.05, 4.69) is 16.8 Å². The molecule has 1 saturated heterocycles. The number of fused-ring (bicyclic) bond motifs is 2. The summed E-state index contributed by atoms with van der Waals surface area (Å²) >= 11 is 0. The van der Waals surface area contributed by atoms with Crippen LogP contribution in [0.2, 0.25) is 0 Å². The van der Waals surface area contributed by atoms with Crippen molar-refractivity contribution in [1.82, 2.24) is 15.0 Å². The fourth-order valence-electron chi connectivity index (χ4n) is 3.98. The van der Waals surface area contributed by atoms with E-state index in [9.17, 15) is 9.90 Å². The number of aromatic nitrogens is 3. The number of hydrogen-bond acceptors (Lipinski definition) is 4. The Bertz CT molecular complexity index is 1040. The van der Waals surface area contributed by atoms with Gasteiger partial charge in [-0.3, -0.25) is 0 Å². The van der Waals surface area contributed by atoms with Gasteiger partial charge in [0.2, 0.25) is 5.95 Å². The molecule has 5 rings (SSSR count). The average molecular weight is 348 g/mol. The highest BCUT2D eigenvalue weighted by molar-refractivity contribution is 5.95. The molecular weight excluding hydrogens is 328 g/mol. The van der Waals surface area contributed by atoms with Gasteiger partial charge in [-0.05, 0) is 56.9 Å². The molecule has 3 aromatic rings. The van der Waals surface area contributed by atoms with Crippen molar-refractivity contribution in [2.24, 2.45) is 0 Å². The zero-order chi connectivity index (χ0) is 17.8. The molecule has 26 heavy (non-hydrogen) atoms. The first-order valence-corrected chi connectivity index (χ1v) is 9.13. The minimum Gasteiger partial charge on any atom is -0.478 e. The van der Waals surface area contributed by atoms with Gasteiger partial charge in [-0.2, -0.15) is 0 Å². The van der Waals surface area contributed by atoms with Gasteiger partial charge in [0.25, 0.3) is 0 Å². The Kier molecular flexibility index (Phi) is 3.29. The average Bonchev–Trinajstić information content (AvgIpc) is 3.25. The number of aryl methyl sites for hydroxylation is 1. The van der Waals surface area contributed by atoms with Crippen LogP contribution in [-0.2, 0) is 12.8 Å². The van der Waals surface area contributed by atoms with Crippen molar-refractivity contribution in [2.75, 3.05) is 11.4 Å². The lowest BCUT2D eigenvalue weighted by Gasteiger charge is -2.39. The van der Waals surface area contributed by atoms with Crippen LogP contribution in [0.15, 0.2) is 24.3 Å². The summed E-state index contributed by atoms with van der Waals surface area (Å²) < 4.78 is 0. The van der Waals surface area contributed by atoms with Gasteiger partial charge in [-0.25, -0.2) is 14.8 Å². The van der Waals surface area contributed by atoms with Crippen molar-refractivity contribution in [3.05, 3.63) is 41.1 Å². The van der Waals surface area contributed by atoms with E-state index in [1.54, 1.807) is 12.1 Å². The van der Waals surface area contributed by atoms with Crippen molar-refractivity contribution in [1.29, 1.82) is 0 Å². The van der Waals surface area contributed by atoms with E-state index < -0.39 is 5.97 Å². The van der Waals surface area contributed by atoms with Crippen molar-refractivity contribution >= 4 is 22.8 Å². The van der Waals surface area contributed by atoms with Crippen molar-refractivity contribution in [2.45, 2.75) is 38.6 Å². The van der Waals surface area contributed by atoms with Crippen molar-refractivity contribution < 1.29 is 9.90 Å². The number of rotatable bonds is 3. The number of hydrogen-bond donors (Lipinski definition) is 2. The Hall–Kier alpha value is -2.89. The monoisotopic (exact) mass is 348 g/mol. The highest BCUT2D eigenvalue weighted by Gasteiger charge is 2.29. The number of nitrogens with zero attached hydrogens (tertiary/aromatic N) is 3. The van der Waals surface area contributed by atoms with Gasteiger partial charge >= 0.3 is 5.97 Å². The second-order valence-electron chi connectivity index (χ2n) is 7.27. The first kappa shape index (κ1) is 15.4. The zero-order valence-corrected chi connectivity index (χ0v) is 14.6. The lowest BCUT2D eigenvalue weighted by molar-refractivity contribution is 0.0697. The van der Waals surface area contributed by atoms with Gasteiger partial charge in [0.05, 0.1) is 17.0 Å². The van der Waals surface area contributed by atoms with Crippen LogP contribution in [-0.4, -0.2) is 38.6 Å². The van der Waals surface area contributed by atoms with Crippen LogP contribution >= 0.6 is 0 Å². The summed E-state index contributed by atoms with van der Waals surface area (Å²) in [5.74, 6) is -0.0871. The van der Waals surface area contributed by atoms with Crippen LogP contribution in [0.5, 0.6) is 0 Å². The standard InChI is InChI=1S/C20H20N4O2/c1-11-7-8-24(11)20-22-16-4-2-3-14(16)18(23-20)17-10-13-9-12(19(25)26)5-6-15(13)21-17/h5-6,9-11,21H,2-4,7-8H2,1H3,(H,25,26)/t11-/m0/s1. The molecule has 0 saturated carbocycles. The van der Waals surface area contributed by atoms with E-state index in [4.69, 9.17) is 9.97 Å². The Morgan fingerprint density at radius 1 is 1.27 bits per heavy atom. The summed E-state index contributed by atoms with van der Waals surface area (Å²) in [5.41, 5.74) is 5.52. The summed E-state index contributed by atoms with van der Waals surface area (Å²) in [7, 11) is 0. The van der Waals surface area contributed by atoms with E-state index in [0.717, 1.165) is 59.7 Å². The third kappa shape index (κ3) is 2.29. The maximum Gasteiger partial charge on any atom is 0.335 e.